The molecule has 11 heteroatoms. The van der Waals surface area contributed by atoms with E-state index in [1.807, 2.05) is 72.8 Å². The van der Waals surface area contributed by atoms with Gasteiger partial charge >= 0.3 is 6.09 Å². The van der Waals surface area contributed by atoms with Crippen LogP contribution < -0.4 is 26.8 Å². The Morgan fingerprint density at radius 2 is 1.63 bits per heavy atom. The number of H-pyrrole nitrogens is 1. The number of phenolic OH excluding ortho intramolecular Hbond substituents is 1. The summed E-state index contributed by atoms with van der Waals surface area (Å²) in [5.74, 6) is -0.217. The lowest BCUT2D eigenvalue weighted by molar-refractivity contribution is -0.116. The predicted molar refractivity (Wildman–Crippen MR) is 199 cm³/mol. The number of benzene rings is 4. The van der Waals surface area contributed by atoms with Gasteiger partial charge in [0.1, 0.15) is 5.75 Å². The number of hydrogen-bond acceptors (Lipinski definition) is 7. The zero-order valence-electron chi connectivity index (χ0n) is 28.2. The number of anilines is 2. The predicted octanol–water partition coefficient (Wildman–Crippen LogP) is 6.05. The van der Waals surface area contributed by atoms with E-state index in [2.05, 4.69) is 15.6 Å². The van der Waals surface area contributed by atoms with Crippen LogP contribution in [0, 0.1) is 0 Å². The maximum Gasteiger partial charge on any atom is 0.412 e. The number of aromatic nitrogens is 1. The van der Waals surface area contributed by atoms with E-state index in [4.69, 9.17) is 5.73 Å². The minimum absolute atomic E-state index is 0.0614. The van der Waals surface area contributed by atoms with Gasteiger partial charge in [-0.15, -0.1) is 0 Å². The zero-order valence-corrected chi connectivity index (χ0v) is 28.2. The number of phenols is 1. The Hall–Kier alpha value is -5.49. The molecule has 8 N–H and O–H groups in total. The van der Waals surface area contributed by atoms with Crippen molar-refractivity contribution in [3.05, 3.63) is 124 Å². The van der Waals surface area contributed by atoms with Crippen molar-refractivity contribution in [1.29, 1.82) is 0 Å². The number of aliphatic hydroxyl groups is 1. The Morgan fingerprint density at radius 3 is 2.35 bits per heavy atom. The van der Waals surface area contributed by atoms with Crippen LogP contribution in [0.15, 0.2) is 102 Å². The van der Waals surface area contributed by atoms with Crippen LogP contribution in [0.3, 0.4) is 0 Å². The van der Waals surface area contributed by atoms with Crippen molar-refractivity contribution in [2.75, 3.05) is 16.8 Å². The molecule has 4 aromatic carbocycles. The van der Waals surface area contributed by atoms with Crippen molar-refractivity contribution in [2.24, 2.45) is 5.73 Å². The maximum atomic E-state index is 13.0. The van der Waals surface area contributed by atoms with Gasteiger partial charge in [-0.05, 0) is 84.7 Å². The summed E-state index contributed by atoms with van der Waals surface area (Å²) in [5.41, 5.74) is 11.5. The fourth-order valence-electron chi connectivity index (χ4n) is 6.81. The van der Waals surface area contributed by atoms with Crippen LogP contribution in [0.5, 0.6) is 5.75 Å². The number of aryl methyl sites for hydroxylation is 1. The fraction of sp³-hybridized carbons (Fsp3) is 0.275. The molecule has 0 bridgehead atoms. The summed E-state index contributed by atoms with van der Waals surface area (Å²) in [7, 11) is 0. The van der Waals surface area contributed by atoms with Gasteiger partial charge in [-0.3, -0.25) is 14.5 Å². The number of nitrogens with one attached hydrogen (secondary N) is 3. The van der Waals surface area contributed by atoms with E-state index in [0.29, 0.717) is 48.1 Å². The highest BCUT2D eigenvalue weighted by Crippen LogP contribution is 2.36. The van der Waals surface area contributed by atoms with E-state index in [1.165, 1.54) is 17.0 Å². The lowest BCUT2D eigenvalue weighted by Gasteiger charge is -2.35. The fourth-order valence-corrected chi connectivity index (χ4v) is 6.81. The number of hydrogen-bond donors (Lipinski definition) is 7. The number of carbonyl (C=O) groups is 2. The van der Waals surface area contributed by atoms with Crippen molar-refractivity contribution in [2.45, 2.75) is 63.3 Å². The Bertz CT molecular complexity index is 2040. The van der Waals surface area contributed by atoms with E-state index in [9.17, 15) is 29.7 Å². The van der Waals surface area contributed by atoms with Gasteiger partial charge in [-0.2, -0.15) is 0 Å². The first-order valence-electron chi connectivity index (χ1n) is 17.2. The molecule has 1 aliphatic rings. The summed E-state index contributed by atoms with van der Waals surface area (Å²) < 4.78 is 0. The molecule has 0 saturated heterocycles. The molecule has 1 aliphatic carbocycles. The largest absolute Gasteiger partial charge is 0.506 e. The molecule has 2 amide bonds. The average Bonchev–Trinajstić information content (AvgIpc) is 3.13. The third kappa shape index (κ3) is 8.64. The molecule has 1 heterocycles. The zero-order chi connectivity index (χ0) is 35.9. The Labute approximate surface area is 295 Å². The van der Waals surface area contributed by atoms with Crippen molar-refractivity contribution in [1.82, 2.24) is 10.3 Å². The van der Waals surface area contributed by atoms with Crippen LogP contribution in [0.2, 0.25) is 0 Å². The van der Waals surface area contributed by atoms with Gasteiger partial charge in [0.15, 0.2) is 0 Å². The molecule has 1 atom stereocenters. The van der Waals surface area contributed by atoms with Crippen LogP contribution in [-0.4, -0.2) is 50.9 Å². The van der Waals surface area contributed by atoms with Gasteiger partial charge in [0.2, 0.25) is 11.5 Å². The lowest BCUT2D eigenvalue weighted by atomic mass is 9.89. The monoisotopic (exact) mass is 689 g/mol. The van der Waals surface area contributed by atoms with Crippen LogP contribution in [0.4, 0.5) is 16.2 Å². The highest BCUT2D eigenvalue weighted by Gasteiger charge is 2.30. The molecule has 6 rings (SSSR count). The van der Waals surface area contributed by atoms with Gasteiger partial charge in [-0.1, -0.05) is 60.7 Å². The number of carboxylic acid groups (broad SMARTS) is 1. The molecule has 0 aliphatic heterocycles. The summed E-state index contributed by atoms with van der Waals surface area (Å²) in [6.45, 7) is 0.713. The van der Waals surface area contributed by atoms with Crippen molar-refractivity contribution < 1.29 is 24.9 Å². The van der Waals surface area contributed by atoms with Crippen molar-refractivity contribution in [3.8, 4) is 16.9 Å². The van der Waals surface area contributed by atoms with Crippen molar-refractivity contribution >= 4 is 34.3 Å². The second kappa shape index (κ2) is 16.0. The smallest absolute Gasteiger partial charge is 0.412 e. The molecule has 0 spiro atoms. The van der Waals surface area contributed by atoms with Crippen LogP contribution in [-0.2, 0) is 17.8 Å². The SMILES string of the molecule is NC1CCC(N(C(=O)O)c2cc(CCC(=O)Nc3ccc(CNCC(O)c4ccc(O)c5[nH]c(=O)ccc45)cc3)ccc2-c2ccccc2)CC1. The number of aliphatic hydroxyl groups excluding tert-OH is 1. The molecule has 1 fully saturated rings. The van der Waals surface area contributed by atoms with Crippen LogP contribution >= 0.6 is 0 Å². The minimum atomic E-state index is -0.998. The normalized spacial score (nSPS) is 16.4. The Kier molecular flexibility index (Phi) is 11.1. The highest BCUT2D eigenvalue weighted by molar-refractivity contribution is 5.94. The molecule has 51 heavy (non-hydrogen) atoms. The van der Waals surface area contributed by atoms with E-state index in [1.54, 1.807) is 12.1 Å². The standard InChI is InChI=1S/C40H43N5O6/c41-28-10-14-30(15-11-28)45(40(50)51)34-22-25(8-16-31(34)27-4-2-1-3-5-27)9-20-37(48)43-29-12-6-26(7-13-29)23-42-24-36(47)32-17-19-35(46)39-33(32)18-21-38(49)44-39/h1-8,12-13,16-19,21-22,28,30,36,42,46-47H,9-11,14-15,20,23-24,41H2,(H,43,48)(H,44,49)(H,50,51). The summed E-state index contributed by atoms with van der Waals surface area (Å²) >= 11 is 0. The molecular formula is C40H43N5O6. The van der Waals surface area contributed by atoms with Crippen LogP contribution in [0.25, 0.3) is 22.0 Å². The molecular weight excluding hydrogens is 646 g/mol. The summed E-state index contributed by atoms with van der Waals surface area (Å²) in [6.07, 6.45) is 1.74. The first-order valence-corrected chi connectivity index (χ1v) is 17.2. The summed E-state index contributed by atoms with van der Waals surface area (Å²) in [4.78, 5) is 41.4. The van der Waals surface area contributed by atoms with E-state index >= 15 is 0 Å². The first-order chi connectivity index (χ1) is 24.7. The van der Waals surface area contributed by atoms with E-state index in [0.717, 1.165) is 35.1 Å². The number of pyridine rings is 1. The lowest BCUT2D eigenvalue weighted by Crippen LogP contribution is -2.44. The summed E-state index contributed by atoms with van der Waals surface area (Å²) in [5, 5.41) is 38.0. The Balaban J connectivity index is 1.05. The maximum absolute atomic E-state index is 13.0. The van der Waals surface area contributed by atoms with E-state index in [-0.39, 0.29) is 47.8 Å². The first kappa shape index (κ1) is 35.3. The number of aromatic amines is 1. The second-order valence-corrected chi connectivity index (χ2v) is 13.1. The number of rotatable bonds is 12. The third-order valence-corrected chi connectivity index (χ3v) is 9.53. The van der Waals surface area contributed by atoms with Gasteiger partial charge in [0.05, 0.1) is 17.3 Å². The molecule has 5 aromatic rings. The highest BCUT2D eigenvalue weighted by atomic mass is 16.4. The molecule has 11 nitrogen and oxygen atoms in total. The second-order valence-electron chi connectivity index (χ2n) is 13.1. The van der Waals surface area contributed by atoms with Gasteiger partial charge in [0, 0.05) is 54.3 Å². The van der Waals surface area contributed by atoms with Crippen LogP contribution in [0.1, 0.15) is 54.9 Å². The van der Waals surface area contributed by atoms with Gasteiger partial charge in [0.25, 0.3) is 0 Å². The molecule has 264 valence electrons. The van der Waals surface area contributed by atoms with Gasteiger partial charge in [-0.25, -0.2) is 4.79 Å². The number of amides is 2. The quantitative estimate of drug-likeness (QED) is 0.0827. The number of fused-ring (bicyclic) bond motifs is 1. The van der Waals surface area contributed by atoms with Crippen molar-refractivity contribution in [3.63, 3.8) is 0 Å². The molecule has 1 saturated carbocycles. The number of nitrogens with two attached hydrogens (primary N) is 1. The minimum Gasteiger partial charge on any atom is -0.506 e. The molecule has 0 radical (unpaired) electrons. The topological polar surface area (TPSA) is 181 Å². The average molecular weight is 690 g/mol. The Morgan fingerprint density at radius 1 is 0.902 bits per heavy atom. The molecule has 1 aromatic heterocycles. The number of nitrogens with zero attached hydrogens (tertiary/aromatic N) is 1. The van der Waals surface area contributed by atoms with E-state index < -0.39 is 12.2 Å². The summed E-state index contributed by atoms with van der Waals surface area (Å²) in [6, 6.07) is 28.9. The third-order valence-electron chi connectivity index (χ3n) is 9.53. The number of aromatic hydroxyl groups is 1. The molecule has 1 unspecified atom stereocenters. The van der Waals surface area contributed by atoms with Gasteiger partial charge < -0.3 is 36.7 Å². The number of carbonyl (C=O) groups excluding carboxylic acids is 1.